The average Bonchev–Trinajstić information content (AvgIpc) is 3.17. The summed E-state index contributed by atoms with van der Waals surface area (Å²) in [6.45, 7) is 0.755. The van der Waals surface area contributed by atoms with E-state index in [2.05, 4.69) is 5.32 Å². The molecule has 0 aromatic heterocycles. The van der Waals surface area contributed by atoms with Gasteiger partial charge in [-0.25, -0.2) is 0 Å². The lowest BCUT2D eigenvalue weighted by Crippen LogP contribution is -2.40. The van der Waals surface area contributed by atoms with Gasteiger partial charge in [0, 0.05) is 18.4 Å². The number of carbonyl (C=O) groups excluding carboxylic acids is 1. The Morgan fingerprint density at radius 3 is 2.95 bits per heavy atom. The molecule has 1 aromatic carbocycles. The fourth-order valence-corrected chi connectivity index (χ4v) is 2.72. The molecule has 2 fully saturated rings. The van der Waals surface area contributed by atoms with Crippen LogP contribution in [0.1, 0.15) is 24.8 Å². The molecule has 0 bridgehead atoms. The van der Waals surface area contributed by atoms with Gasteiger partial charge in [-0.1, -0.05) is 12.1 Å². The number of amides is 1. The fraction of sp³-hybridized carbons (Fsp3) is 0.438. The molecule has 1 saturated carbocycles. The number of nitrogens with one attached hydrogen (secondary N) is 1. The Balaban J connectivity index is 1.56. The Kier molecular flexibility index (Phi) is 3.74. The molecule has 3 rings (SSSR count). The highest BCUT2D eigenvalue weighted by molar-refractivity contribution is 5.92. The predicted octanol–water partition coefficient (Wildman–Crippen LogP) is 1.97. The zero-order valence-corrected chi connectivity index (χ0v) is 11.4. The van der Waals surface area contributed by atoms with Gasteiger partial charge in [0.1, 0.15) is 0 Å². The van der Waals surface area contributed by atoms with Crippen LogP contribution in [-0.2, 0) is 9.53 Å². The highest BCUT2D eigenvalue weighted by atomic mass is 16.5. The van der Waals surface area contributed by atoms with Gasteiger partial charge < -0.3 is 15.8 Å². The highest BCUT2D eigenvalue weighted by Gasteiger charge is 2.40. The Bertz CT molecular complexity index is 523. The van der Waals surface area contributed by atoms with Crippen molar-refractivity contribution in [1.82, 2.24) is 5.32 Å². The van der Waals surface area contributed by atoms with Crippen LogP contribution in [0.25, 0.3) is 6.08 Å². The second-order valence-electron chi connectivity index (χ2n) is 5.58. The average molecular weight is 272 g/mol. The van der Waals surface area contributed by atoms with Crippen LogP contribution in [0.3, 0.4) is 0 Å². The number of nitrogen functional groups attached to an aromatic ring is 1. The molecule has 20 heavy (non-hydrogen) atoms. The second kappa shape index (κ2) is 5.67. The van der Waals surface area contributed by atoms with Crippen molar-refractivity contribution in [3.05, 3.63) is 35.9 Å². The van der Waals surface area contributed by atoms with Crippen LogP contribution in [0.2, 0.25) is 0 Å². The molecule has 4 nitrogen and oxygen atoms in total. The molecule has 1 saturated heterocycles. The number of anilines is 1. The van der Waals surface area contributed by atoms with Crippen molar-refractivity contribution in [2.24, 2.45) is 5.92 Å². The van der Waals surface area contributed by atoms with Crippen molar-refractivity contribution >= 4 is 17.7 Å². The monoisotopic (exact) mass is 272 g/mol. The van der Waals surface area contributed by atoms with Gasteiger partial charge in [-0.2, -0.15) is 0 Å². The Morgan fingerprint density at radius 2 is 2.20 bits per heavy atom. The van der Waals surface area contributed by atoms with E-state index in [0.717, 1.165) is 18.6 Å². The summed E-state index contributed by atoms with van der Waals surface area (Å²) >= 11 is 0. The van der Waals surface area contributed by atoms with E-state index >= 15 is 0 Å². The molecule has 1 aliphatic carbocycles. The first-order valence-corrected chi connectivity index (χ1v) is 7.18. The molecular formula is C16H20N2O2. The lowest BCUT2D eigenvalue weighted by molar-refractivity contribution is -0.117. The molecule has 3 N–H and O–H groups in total. The Morgan fingerprint density at radius 1 is 1.35 bits per heavy atom. The van der Waals surface area contributed by atoms with E-state index in [-0.39, 0.29) is 18.1 Å². The third-order valence-electron chi connectivity index (χ3n) is 3.89. The largest absolute Gasteiger partial charge is 0.399 e. The minimum absolute atomic E-state index is 0.0615. The van der Waals surface area contributed by atoms with Crippen LogP contribution in [-0.4, -0.2) is 24.7 Å². The summed E-state index contributed by atoms with van der Waals surface area (Å²) in [5.41, 5.74) is 7.34. The standard InChI is InChI=1S/C16H20N2O2/c17-13-3-1-2-11(10-13)4-7-15(19)18-14-8-9-20-16(14)12-5-6-12/h1-4,7,10,12,14,16H,5-6,8-9,17H2,(H,18,19)/b7-4+. The normalized spacial score (nSPS) is 26.0. The van der Waals surface area contributed by atoms with E-state index in [1.54, 1.807) is 12.2 Å². The van der Waals surface area contributed by atoms with Crippen LogP contribution in [0.15, 0.2) is 30.3 Å². The van der Waals surface area contributed by atoms with E-state index < -0.39 is 0 Å². The minimum Gasteiger partial charge on any atom is -0.399 e. The number of hydrogen-bond acceptors (Lipinski definition) is 3. The van der Waals surface area contributed by atoms with Crippen molar-refractivity contribution in [2.75, 3.05) is 12.3 Å². The Labute approximate surface area is 119 Å². The molecule has 2 atom stereocenters. The summed E-state index contributed by atoms with van der Waals surface area (Å²) in [4.78, 5) is 12.0. The molecule has 2 aliphatic rings. The maximum Gasteiger partial charge on any atom is 0.244 e. The number of nitrogens with two attached hydrogens (primary N) is 1. The number of benzene rings is 1. The zero-order chi connectivity index (χ0) is 13.9. The van der Waals surface area contributed by atoms with E-state index in [1.165, 1.54) is 12.8 Å². The molecule has 4 heteroatoms. The lowest BCUT2D eigenvalue weighted by atomic mass is 10.1. The summed E-state index contributed by atoms with van der Waals surface area (Å²) < 4.78 is 5.71. The summed E-state index contributed by atoms with van der Waals surface area (Å²) in [6.07, 6.45) is 6.95. The highest BCUT2D eigenvalue weighted by Crippen LogP contribution is 2.38. The minimum atomic E-state index is -0.0615. The fourth-order valence-electron chi connectivity index (χ4n) is 2.72. The number of ether oxygens (including phenoxy) is 1. The molecule has 1 aromatic rings. The van der Waals surface area contributed by atoms with E-state index in [4.69, 9.17) is 10.5 Å². The van der Waals surface area contributed by atoms with E-state index in [9.17, 15) is 4.79 Å². The van der Waals surface area contributed by atoms with Crippen LogP contribution in [0.4, 0.5) is 5.69 Å². The van der Waals surface area contributed by atoms with E-state index in [1.807, 2.05) is 24.3 Å². The van der Waals surface area contributed by atoms with Gasteiger partial charge in [0.05, 0.1) is 12.1 Å². The van der Waals surface area contributed by atoms with Crippen molar-refractivity contribution in [3.63, 3.8) is 0 Å². The maximum atomic E-state index is 12.0. The maximum absolute atomic E-state index is 12.0. The molecule has 106 valence electrons. The first kappa shape index (κ1) is 13.2. The summed E-state index contributed by atoms with van der Waals surface area (Å²) in [5.74, 6) is 0.592. The van der Waals surface area contributed by atoms with Gasteiger partial charge in [-0.3, -0.25) is 4.79 Å². The SMILES string of the molecule is Nc1cccc(/C=C/C(=O)NC2CCOC2C2CC2)c1. The van der Waals surface area contributed by atoms with Crippen molar-refractivity contribution < 1.29 is 9.53 Å². The molecule has 1 aliphatic heterocycles. The van der Waals surface area contributed by atoms with Gasteiger partial charge in [-0.15, -0.1) is 0 Å². The van der Waals surface area contributed by atoms with Crippen LogP contribution in [0.5, 0.6) is 0 Å². The number of hydrogen-bond donors (Lipinski definition) is 2. The van der Waals surface area contributed by atoms with Gasteiger partial charge >= 0.3 is 0 Å². The molecule has 1 amide bonds. The smallest absolute Gasteiger partial charge is 0.244 e. The predicted molar refractivity (Wildman–Crippen MR) is 78.9 cm³/mol. The molecule has 2 unspecified atom stereocenters. The molecule has 0 spiro atoms. The first-order valence-electron chi connectivity index (χ1n) is 7.18. The second-order valence-corrected chi connectivity index (χ2v) is 5.58. The van der Waals surface area contributed by atoms with Gasteiger partial charge in [0.2, 0.25) is 5.91 Å². The third-order valence-corrected chi connectivity index (χ3v) is 3.89. The Hall–Kier alpha value is -1.81. The van der Waals surface area contributed by atoms with Crippen LogP contribution >= 0.6 is 0 Å². The molecular weight excluding hydrogens is 252 g/mol. The van der Waals surface area contributed by atoms with Gasteiger partial charge in [0.15, 0.2) is 0 Å². The quantitative estimate of drug-likeness (QED) is 0.650. The van der Waals surface area contributed by atoms with Crippen molar-refractivity contribution in [1.29, 1.82) is 0 Å². The number of rotatable bonds is 4. The first-order chi connectivity index (χ1) is 9.72. The van der Waals surface area contributed by atoms with E-state index in [0.29, 0.717) is 11.6 Å². The zero-order valence-electron chi connectivity index (χ0n) is 11.4. The van der Waals surface area contributed by atoms with Gasteiger partial charge in [0.25, 0.3) is 0 Å². The third kappa shape index (κ3) is 3.20. The summed E-state index contributed by atoms with van der Waals surface area (Å²) in [6, 6.07) is 7.64. The lowest BCUT2D eigenvalue weighted by Gasteiger charge is -2.18. The van der Waals surface area contributed by atoms with Gasteiger partial charge in [-0.05, 0) is 49.0 Å². The molecule has 1 heterocycles. The topological polar surface area (TPSA) is 64.4 Å². The van der Waals surface area contributed by atoms with Crippen molar-refractivity contribution in [3.8, 4) is 0 Å². The van der Waals surface area contributed by atoms with Crippen LogP contribution in [0, 0.1) is 5.92 Å². The summed E-state index contributed by atoms with van der Waals surface area (Å²) in [7, 11) is 0. The van der Waals surface area contributed by atoms with Crippen molar-refractivity contribution in [2.45, 2.75) is 31.4 Å². The van der Waals surface area contributed by atoms with Crippen LogP contribution < -0.4 is 11.1 Å². The molecule has 0 radical (unpaired) electrons. The summed E-state index contributed by atoms with van der Waals surface area (Å²) in [5, 5.41) is 3.05. The number of carbonyl (C=O) groups is 1.